The molecule has 0 atom stereocenters. The van der Waals surface area contributed by atoms with E-state index in [0.29, 0.717) is 0 Å². The lowest BCUT2D eigenvalue weighted by atomic mass is 9.82. The van der Waals surface area contributed by atoms with Gasteiger partial charge in [0, 0.05) is 33.4 Å². The van der Waals surface area contributed by atoms with Crippen LogP contribution in [0.3, 0.4) is 0 Å². The number of fused-ring (bicyclic) bond motifs is 7. The first kappa shape index (κ1) is 18.4. The lowest BCUT2D eigenvalue weighted by Gasteiger charge is -2.21. The minimum atomic E-state index is -0.0942. The summed E-state index contributed by atoms with van der Waals surface area (Å²) in [6, 6.07) is 22.1. The molecule has 31 heavy (non-hydrogen) atoms. The van der Waals surface area contributed by atoms with Crippen LogP contribution in [-0.2, 0) is 12.5 Å². The molecule has 0 aliphatic heterocycles. The molecule has 0 radical (unpaired) electrons. The van der Waals surface area contributed by atoms with Gasteiger partial charge in [-0.05, 0) is 48.2 Å². The van der Waals surface area contributed by atoms with Crippen LogP contribution in [0.2, 0.25) is 0 Å². The Hall–Kier alpha value is -3.39. The molecule has 152 valence electrons. The molecule has 1 aliphatic carbocycles. The second-order valence-corrected chi connectivity index (χ2v) is 9.47. The van der Waals surface area contributed by atoms with E-state index >= 15 is 0 Å². The van der Waals surface area contributed by atoms with E-state index < -0.39 is 0 Å². The zero-order valence-electron chi connectivity index (χ0n) is 18.7. The molecular formula is C29H26NO+. The highest BCUT2D eigenvalue weighted by atomic mass is 16.3. The van der Waals surface area contributed by atoms with Crippen LogP contribution in [0.4, 0.5) is 0 Å². The summed E-state index contributed by atoms with van der Waals surface area (Å²) in [6.45, 7) is 8.93. The summed E-state index contributed by atoms with van der Waals surface area (Å²) >= 11 is 0. The third kappa shape index (κ3) is 2.36. The van der Waals surface area contributed by atoms with Crippen molar-refractivity contribution in [2.24, 2.45) is 7.05 Å². The molecule has 2 heterocycles. The summed E-state index contributed by atoms with van der Waals surface area (Å²) in [4.78, 5) is 0. The summed E-state index contributed by atoms with van der Waals surface area (Å²) < 4.78 is 9.00. The number of nitrogens with zero attached hydrogens (tertiary/aromatic N) is 1. The van der Waals surface area contributed by atoms with E-state index in [9.17, 15) is 0 Å². The maximum absolute atomic E-state index is 6.80. The Morgan fingerprint density at radius 3 is 2.32 bits per heavy atom. The molecule has 0 N–H and O–H groups in total. The van der Waals surface area contributed by atoms with Gasteiger partial charge in [0.1, 0.15) is 18.2 Å². The minimum absolute atomic E-state index is 0.0942. The number of aromatic nitrogens is 1. The number of furan rings is 1. The molecule has 0 saturated carbocycles. The molecule has 0 spiro atoms. The smallest absolute Gasteiger partial charge is 0.216 e. The van der Waals surface area contributed by atoms with Crippen LogP contribution in [0.1, 0.15) is 36.1 Å². The first-order chi connectivity index (χ1) is 14.9. The molecule has 2 aromatic heterocycles. The van der Waals surface area contributed by atoms with Crippen LogP contribution in [0.25, 0.3) is 44.3 Å². The first-order valence-corrected chi connectivity index (χ1v) is 10.9. The highest BCUT2D eigenvalue weighted by molar-refractivity contribution is 6.12. The molecule has 3 aromatic carbocycles. The Kier molecular flexibility index (Phi) is 3.60. The first-order valence-electron chi connectivity index (χ1n) is 10.9. The fourth-order valence-corrected chi connectivity index (χ4v) is 5.57. The zero-order valence-corrected chi connectivity index (χ0v) is 18.7. The maximum Gasteiger partial charge on any atom is 0.216 e. The van der Waals surface area contributed by atoms with E-state index in [-0.39, 0.29) is 5.41 Å². The molecule has 0 amide bonds. The Balaban J connectivity index is 1.73. The van der Waals surface area contributed by atoms with E-state index in [0.717, 1.165) is 11.2 Å². The van der Waals surface area contributed by atoms with Crippen molar-refractivity contribution in [3.8, 4) is 22.4 Å². The normalized spacial score (nSPS) is 14.2. The van der Waals surface area contributed by atoms with Crippen LogP contribution in [-0.4, -0.2) is 0 Å². The fourth-order valence-electron chi connectivity index (χ4n) is 5.57. The number of benzene rings is 3. The van der Waals surface area contributed by atoms with E-state index in [1.807, 2.05) is 0 Å². The van der Waals surface area contributed by atoms with Crippen molar-refractivity contribution in [1.82, 2.24) is 0 Å². The van der Waals surface area contributed by atoms with Crippen LogP contribution in [0.15, 0.2) is 71.3 Å². The number of rotatable bonds is 1. The summed E-state index contributed by atoms with van der Waals surface area (Å²) in [5.41, 5.74) is 12.0. The van der Waals surface area contributed by atoms with Gasteiger partial charge in [0.05, 0.1) is 5.56 Å². The number of hydrogen-bond acceptors (Lipinski definition) is 1. The van der Waals surface area contributed by atoms with E-state index in [1.54, 1.807) is 0 Å². The molecule has 1 aliphatic rings. The highest BCUT2D eigenvalue weighted by Gasteiger charge is 2.38. The van der Waals surface area contributed by atoms with E-state index in [1.165, 1.54) is 55.4 Å². The average Bonchev–Trinajstić information content (AvgIpc) is 3.22. The Bertz CT molecular complexity index is 1530. The molecule has 6 rings (SSSR count). The van der Waals surface area contributed by atoms with Crippen molar-refractivity contribution >= 4 is 21.9 Å². The molecule has 0 unspecified atom stereocenters. The van der Waals surface area contributed by atoms with Gasteiger partial charge in [-0.1, -0.05) is 56.3 Å². The second kappa shape index (κ2) is 6.07. The van der Waals surface area contributed by atoms with Gasteiger partial charge >= 0.3 is 0 Å². The van der Waals surface area contributed by atoms with Gasteiger partial charge in [0.2, 0.25) is 5.69 Å². The van der Waals surface area contributed by atoms with Gasteiger partial charge in [-0.15, -0.1) is 0 Å². The van der Waals surface area contributed by atoms with E-state index in [4.69, 9.17) is 4.42 Å². The SMILES string of the molecule is Cc1ccc(-c2c(C)ccc3c2oc2c4c(ccc23)-c2ccccc2C4(C)C)[n+](C)c1. The Labute approximate surface area is 182 Å². The number of aryl methyl sites for hydroxylation is 3. The zero-order chi connectivity index (χ0) is 21.5. The summed E-state index contributed by atoms with van der Waals surface area (Å²) in [5, 5.41) is 2.39. The molecule has 2 heteroatoms. The summed E-state index contributed by atoms with van der Waals surface area (Å²) in [5.74, 6) is 0. The van der Waals surface area contributed by atoms with Gasteiger partial charge in [0.15, 0.2) is 6.20 Å². The van der Waals surface area contributed by atoms with Crippen LogP contribution in [0, 0.1) is 13.8 Å². The summed E-state index contributed by atoms with van der Waals surface area (Å²) in [6.07, 6.45) is 2.17. The third-order valence-corrected chi connectivity index (χ3v) is 7.07. The molecule has 0 bridgehead atoms. The van der Waals surface area contributed by atoms with Crippen LogP contribution >= 0.6 is 0 Å². The van der Waals surface area contributed by atoms with Gasteiger partial charge in [0.25, 0.3) is 0 Å². The molecule has 0 fully saturated rings. The van der Waals surface area contributed by atoms with E-state index in [2.05, 4.69) is 106 Å². The predicted molar refractivity (Wildman–Crippen MR) is 127 cm³/mol. The van der Waals surface area contributed by atoms with Crippen LogP contribution in [0.5, 0.6) is 0 Å². The minimum Gasteiger partial charge on any atom is -0.455 e. The van der Waals surface area contributed by atoms with Crippen molar-refractivity contribution in [1.29, 1.82) is 0 Å². The quantitative estimate of drug-likeness (QED) is 0.275. The second-order valence-electron chi connectivity index (χ2n) is 9.47. The molecular weight excluding hydrogens is 378 g/mol. The third-order valence-electron chi connectivity index (χ3n) is 7.07. The molecule has 2 nitrogen and oxygen atoms in total. The van der Waals surface area contributed by atoms with Crippen molar-refractivity contribution in [2.45, 2.75) is 33.1 Å². The van der Waals surface area contributed by atoms with Gasteiger partial charge < -0.3 is 4.42 Å². The van der Waals surface area contributed by atoms with Crippen molar-refractivity contribution in [3.63, 3.8) is 0 Å². The van der Waals surface area contributed by atoms with Gasteiger partial charge in [-0.3, -0.25) is 0 Å². The monoisotopic (exact) mass is 404 g/mol. The number of hydrogen-bond donors (Lipinski definition) is 0. The topological polar surface area (TPSA) is 17.0 Å². The van der Waals surface area contributed by atoms with Crippen LogP contribution < -0.4 is 4.57 Å². The lowest BCUT2D eigenvalue weighted by molar-refractivity contribution is -0.660. The lowest BCUT2D eigenvalue weighted by Crippen LogP contribution is -2.31. The Morgan fingerprint density at radius 1 is 0.774 bits per heavy atom. The average molecular weight is 405 g/mol. The van der Waals surface area contributed by atoms with Gasteiger partial charge in [-0.2, -0.15) is 0 Å². The van der Waals surface area contributed by atoms with Crippen molar-refractivity contribution in [2.75, 3.05) is 0 Å². The van der Waals surface area contributed by atoms with Crippen molar-refractivity contribution in [3.05, 3.63) is 89.1 Å². The summed E-state index contributed by atoms with van der Waals surface area (Å²) in [7, 11) is 2.11. The predicted octanol–water partition coefficient (Wildman–Crippen LogP) is 7.00. The van der Waals surface area contributed by atoms with Gasteiger partial charge in [-0.25, -0.2) is 4.57 Å². The Morgan fingerprint density at radius 2 is 1.52 bits per heavy atom. The molecule has 5 aromatic rings. The highest BCUT2D eigenvalue weighted by Crippen LogP contribution is 2.52. The fraction of sp³-hybridized carbons (Fsp3) is 0.207. The largest absolute Gasteiger partial charge is 0.455 e. The number of pyridine rings is 1. The standard InChI is InChI=1S/C29H26NO/c1-17-10-15-24(30(5)16-17)25-18(2)11-12-21-22-14-13-20-19-8-6-7-9-23(19)29(3,4)26(20)28(22)31-27(21)25/h6-16H,1-5H3/q+1. The van der Waals surface area contributed by atoms with Crippen molar-refractivity contribution < 1.29 is 8.98 Å². The maximum atomic E-state index is 6.80. The molecule has 0 saturated heterocycles.